The van der Waals surface area contributed by atoms with Gasteiger partial charge in [0.15, 0.2) is 17.5 Å². The van der Waals surface area contributed by atoms with Gasteiger partial charge in [0.25, 0.3) is 5.91 Å². The highest BCUT2D eigenvalue weighted by Gasteiger charge is 2.15. The van der Waals surface area contributed by atoms with Crippen molar-refractivity contribution in [3.8, 4) is 0 Å². The van der Waals surface area contributed by atoms with E-state index in [1.807, 2.05) is 13.8 Å². The van der Waals surface area contributed by atoms with Crippen LogP contribution in [-0.4, -0.2) is 25.0 Å². The van der Waals surface area contributed by atoms with Crippen LogP contribution < -0.4 is 10.6 Å². The molecule has 0 radical (unpaired) electrons. The predicted molar refractivity (Wildman–Crippen MR) is 61.8 cm³/mol. The average Bonchev–Trinajstić information content (AvgIpc) is 2.32. The highest BCUT2D eigenvalue weighted by atomic mass is 19.2. The Morgan fingerprint density at radius 2 is 1.83 bits per heavy atom. The van der Waals surface area contributed by atoms with E-state index in [1.165, 1.54) is 0 Å². The van der Waals surface area contributed by atoms with Crippen molar-refractivity contribution in [2.75, 3.05) is 13.1 Å². The standard InChI is InChI=1S/C12H15F3N2O/c1-3-16-7(2)6-17-12(18)8-4-9(13)11(15)10(14)5-8/h4-5,7,16H,3,6H2,1-2H3,(H,17,18)/t7-/m1/s1. The lowest BCUT2D eigenvalue weighted by molar-refractivity contribution is 0.0949. The van der Waals surface area contributed by atoms with E-state index in [2.05, 4.69) is 10.6 Å². The first-order valence-electron chi connectivity index (χ1n) is 5.61. The number of hydrogen-bond acceptors (Lipinski definition) is 2. The smallest absolute Gasteiger partial charge is 0.251 e. The van der Waals surface area contributed by atoms with Gasteiger partial charge in [-0.3, -0.25) is 4.79 Å². The number of likely N-dealkylation sites (N-methyl/N-ethyl adjacent to an activating group) is 1. The van der Waals surface area contributed by atoms with Crippen LogP contribution in [0.1, 0.15) is 24.2 Å². The van der Waals surface area contributed by atoms with Crippen LogP contribution in [0.25, 0.3) is 0 Å². The van der Waals surface area contributed by atoms with Crippen LogP contribution >= 0.6 is 0 Å². The van der Waals surface area contributed by atoms with Crippen molar-refractivity contribution in [3.63, 3.8) is 0 Å². The van der Waals surface area contributed by atoms with Crippen molar-refractivity contribution in [1.82, 2.24) is 10.6 Å². The minimum atomic E-state index is -1.58. The Morgan fingerprint density at radius 3 is 2.33 bits per heavy atom. The van der Waals surface area contributed by atoms with Crippen LogP contribution in [0.5, 0.6) is 0 Å². The molecule has 0 aliphatic carbocycles. The Morgan fingerprint density at radius 1 is 1.28 bits per heavy atom. The Bertz CT molecular complexity index is 414. The number of benzene rings is 1. The van der Waals surface area contributed by atoms with Gasteiger partial charge in [0, 0.05) is 18.2 Å². The van der Waals surface area contributed by atoms with Crippen LogP contribution in [0.2, 0.25) is 0 Å². The molecule has 1 atom stereocenters. The fraction of sp³-hybridized carbons (Fsp3) is 0.417. The average molecular weight is 260 g/mol. The monoisotopic (exact) mass is 260 g/mol. The van der Waals surface area contributed by atoms with Gasteiger partial charge in [-0.1, -0.05) is 6.92 Å². The second-order valence-electron chi connectivity index (χ2n) is 3.92. The highest BCUT2D eigenvalue weighted by Crippen LogP contribution is 2.13. The van der Waals surface area contributed by atoms with E-state index in [1.54, 1.807) is 0 Å². The van der Waals surface area contributed by atoms with Gasteiger partial charge in [-0.2, -0.15) is 0 Å². The Kier molecular flexibility index (Phi) is 5.15. The van der Waals surface area contributed by atoms with E-state index in [0.29, 0.717) is 18.7 Å². The number of halogens is 3. The predicted octanol–water partition coefficient (Wildman–Crippen LogP) is 1.83. The molecule has 2 N–H and O–H groups in total. The minimum absolute atomic E-state index is 0.0362. The molecular weight excluding hydrogens is 245 g/mol. The zero-order valence-corrected chi connectivity index (χ0v) is 10.2. The zero-order chi connectivity index (χ0) is 13.7. The second-order valence-corrected chi connectivity index (χ2v) is 3.92. The van der Waals surface area contributed by atoms with Gasteiger partial charge in [-0.15, -0.1) is 0 Å². The van der Waals surface area contributed by atoms with Gasteiger partial charge in [-0.05, 0) is 25.6 Å². The normalized spacial score (nSPS) is 12.3. The van der Waals surface area contributed by atoms with E-state index in [0.717, 1.165) is 6.54 Å². The van der Waals surface area contributed by atoms with E-state index in [-0.39, 0.29) is 11.6 Å². The number of carbonyl (C=O) groups excluding carboxylic acids is 1. The Hall–Kier alpha value is -1.56. The summed E-state index contributed by atoms with van der Waals surface area (Å²) in [6, 6.07) is 1.38. The minimum Gasteiger partial charge on any atom is -0.350 e. The molecule has 0 heterocycles. The summed E-state index contributed by atoms with van der Waals surface area (Å²) >= 11 is 0. The number of nitrogens with one attached hydrogen (secondary N) is 2. The number of carbonyl (C=O) groups is 1. The van der Waals surface area contributed by atoms with Crippen LogP contribution in [0.3, 0.4) is 0 Å². The molecule has 0 spiro atoms. The summed E-state index contributed by atoms with van der Waals surface area (Å²) < 4.78 is 38.5. The lowest BCUT2D eigenvalue weighted by atomic mass is 10.2. The molecule has 100 valence electrons. The van der Waals surface area contributed by atoms with Crippen molar-refractivity contribution in [2.45, 2.75) is 19.9 Å². The van der Waals surface area contributed by atoms with Gasteiger partial charge >= 0.3 is 0 Å². The largest absolute Gasteiger partial charge is 0.350 e. The summed E-state index contributed by atoms with van der Waals surface area (Å²) in [5.41, 5.74) is -0.241. The van der Waals surface area contributed by atoms with Gasteiger partial charge in [-0.25, -0.2) is 13.2 Å². The summed E-state index contributed by atoms with van der Waals surface area (Å²) in [5.74, 6) is -4.97. The maximum Gasteiger partial charge on any atom is 0.251 e. The van der Waals surface area contributed by atoms with Gasteiger partial charge in [0.05, 0.1) is 0 Å². The van der Waals surface area contributed by atoms with Gasteiger partial charge < -0.3 is 10.6 Å². The van der Waals surface area contributed by atoms with Gasteiger partial charge in [0.2, 0.25) is 0 Å². The van der Waals surface area contributed by atoms with Crippen molar-refractivity contribution in [2.24, 2.45) is 0 Å². The molecule has 1 amide bonds. The molecule has 0 bridgehead atoms. The van der Waals surface area contributed by atoms with Crippen LogP contribution in [0.4, 0.5) is 13.2 Å². The van der Waals surface area contributed by atoms with E-state index >= 15 is 0 Å². The van der Waals surface area contributed by atoms with Crippen molar-refractivity contribution in [3.05, 3.63) is 35.1 Å². The van der Waals surface area contributed by atoms with Gasteiger partial charge in [0.1, 0.15) is 0 Å². The molecule has 3 nitrogen and oxygen atoms in total. The molecule has 6 heteroatoms. The van der Waals surface area contributed by atoms with Crippen molar-refractivity contribution < 1.29 is 18.0 Å². The molecule has 0 saturated carbocycles. The summed E-state index contributed by atoms with van der Waals surface area (Å²) in [6.07, 6.45) is 0. The van der Waals surface area contributed by atoms with Crippen molar-refractivity contribution in [1.29, 1.82) is 0 Å². The molecule has 0 unspecified atom stereocenters. The molecule has 0 fully saturated rings. The van der Waals surface area contributed by atoms with Crippen LogP contribution in [0.15, 0.2) is 12.1 Å². The van der Waals surface area contributed by atoms with E-state index < -0.39 is 23.4 Å². The Balaban J connectivity index is 2.67. The van der Waals surface area contributed by atoms with Crippen LogP contribution in [-0.2, 0) is 0 Å². The molecule has 18 heavy (non-hydrogen) atoms. The molecule has 1 rings (SSSR count). The lowest BCUT2D eigenvalue weighted by Gasteiger charge is -2.13. The first kappa shape index (κ1) is 14.5. The third-order valence-corrected chi connectivity index (χ3v) is 2.37. The molecule has 1 aromatic rings. The summed E-state index contributed by atoms with van der Waals surface area (Å²) in [6.45, 7) is 4.84. The first-order valence-corrected chi connectivity index (χ1v) is 5.61. The van der Waals surface area contributed by atoms with Crippen LogP contribution in [0, 0.1) is 17.5 Å². The maximum atomic E-state index is 12.9. The number of rotatable bonds is 5. The lowest BCUT2D eigenvalue weighted by Crippen LogP contribution is -2.38. The quantitative estimate of drug-likeness (QED) is 0.793. The third-order valence-electron chi connectivity index (χ3n) is 2.37. The zero-order valence-electron chi connectivity index (χ0n) is 10.2. The van der Waals surface area contributed by atoms with E-state index in [9.17, 15) is 18.0 Å². The Labute approximate surface area is 103 Å². The SMILES string of the molecule is CCN[C@H](C)CNC(=O)c1cc(F)c(F)c(F)c1. The summed E-state index contributed by atoms with van der Waals surface area (Å²) in [4.78, 5) is 11.6. The van der Waals surface area contributed by atoms with Crippen molar-refractivity contribution >= 4 is 5.91 Å². The fourth-order valence-corrected chi connectivity index (χ4v) is 1.46. The molecule has 1 aromatic carbocycles. The summed E-state index contributed by atoms with van der Waals surface area (Å²) in [5, 5.41) is 5.56. The third kappa shape index (κ3) is 3.73. The molecule has 0 saturated heterocycles. The fourth-order valence-electron chi connectivity index (χ4n) is 1.46. The highest BCUT2D eigenvalue weighted by molar-refractivity contribution is 5.94. The number of amides is 1. The molecular formula is C12H15F3N2O. The molecule has 0 aromatic heterocycles. The topological polar surface area (TPSA) is 41.1 Å². The first-order chi connectivity index (χ1) is 8.45. The maximum absolute atomic E-state index is 12.9. The molecule has 0 aliphatic heterocycles. The second kappa shape index (κ2) is 6.39. The van der Waals surface area contributed by atoms with E-state index in [4.69, 9.17) is 0 Å². The number of hydrogen-bond donors (Lipinski definition) is 2. The summed E-state index contributed by atoms with van der Waals surface area (Å²) in [7, 11) is 0. The molecule has 0 aliphatic rings.